The highest BCUT2D eigenvalue weighted by molar-refractivity contribution is 5.81. The van der Waals surface area contributed by atoms with Crippen molar-refractivity contribution in [1.82, 2.24) is 4.90 Å². The zero-order valence-electron chi connectivity index (χ0n) is 10.9. The molecule has 0 saturated heterocycles. The Hall–Kier alpha value is -1.35. The smallest absolute Gasteiger partial charge is 0.330 e. The first kappa shape index (κ1) is 15.7. The van der Waals surface area contributed by atoms with Crippen LogP contribution in [0.25, 0.3) is 0 Å². The lowest BCUT2D eigenvalue weighted by atomic mass is 10.2. The minimum Gasteiger partial charge on any atom is -0.461 e. The van der Waals surface area contributed by atoms with Crippen LogP contribution in [0.5, 0.6) is 0 Å². The number of likely N-dealkylation sites (N-methyl/N-ethyl adjacent to an activating group) is 1. The molecule has 0 radical (unpaired) electrons. The van der Waals surface area contributed by atoms with Crippen LogP contribution in [0.15, 0.2) is 37.0 Å². The number of unbranched alkanes of at least 4 members (excludes halogenated alkanes) is 1. The molecule has 0 bridgehead atoms. The Morgan fingerprint density at radius 3 is 2.65 bits per heavy atom. The maximum absolute atomic E-state index is 10.8. The fourth-order valence-corrected chi connectivity index (χ4v) is 1.18. The first-order valence-corrected chi connectivity index (χ1v) is 5.94. The molecule has 0 aliphatic carbocycles. The van der Waals surface area contributed by atoms with E-state index in [4.69, 9.17) is 4.74 Å². The normalized spacial score (nSPS) is 11.5. The molecule has 0 amide bonds. The number of hydrogen-bond donors (Lipinski definition) is 0. The van der Waals surface area contributed by atoms with Crippen LogP contribution in [0, 0.1) is 0 Å². The average Bonchev–Trinajstić information content (AvgIpc) is 2.33. The summed E-state index contributed by atoms with van der Waals surface area (Å²) in [5, 5.41) is 0. The van der Waals surface area contributed by atoms with Crippen LogP contribution in [-0.2, 0) is 9.53 Å². The largest absolute Gasteiger partial charge is 0.461 e. The first-order chi connectivity index (χ1) is 8.20. The summed E-state index contributed by atoms with van der Waals surface area (Å²) < 4.78 is 4.89. The number of hydrogen-bond acceptors (Lipinski definition) is 3. The Balaban J connectivity index is 3.48. The average molecular weight is 237 g/mol. The van der Waals surface area contributed by atoms with Crippen molar-refractivity contribution < 1.29 is 9.53 Å². The molecule has 0 N–H and O–H groups in total. The zero-order valence-corrected chi connectivity index (χ0v) is 10.9. The predicted molar refractivity (Wildman–Crippen MR) is 71.8 cm³/mol. The van der Waals surface area contributed by atoms with Gasteiger partial charge in [-0.2, -0.15) is 0 Å². The second-order valence-electron chi connectivity index (χ2n) is 3.75. The van der Waals surface area contributed by atoms with Crippen molar-refractivity contribution in [3.8, 4) is 0 Å². The van der Waals surface area contributed by atoms with Crippen molar-refractivity contribution in [1.29, 1.82) is 0 Å². The van der Waals surface area contributed by atoms with E-state index >= 15 is 0 Å². The van der Waals surface area contributed by atoms with E-state index in [1.165, 1.54) is 6.08 Å². The van der Waals surface area contributed by atoms with Gasteiger partial charge >= 0.3 is 5.97 Å². The third kappa shape index (κ3) is 10.9. The quantitative estimate of drug-likeness (QED) is 0.267. The summed E-state index contributed by atoms with van der Waals surface area (Å²) in [5.41, 5.74) is 0. The lowest BCUT2D eigenvalue weighted by Gasteiger charge is -2.13. The van der Waals surface area contributed by atoms with Crippen LogP contribution in [0.4, 0.5) is 0 Å². The van der Waals surface area contributed by atoms with E-state index in [1.54, 1.807) is 0 Å². The molecule has 3 nitrogen and oxygen atoms in total. The van der Waals surface area contributed by atoms with E-state index in [1.807, 2.05) is 14.0 Å². The fourth-order valence-electron chi connectivity index (χ4n) is 1.18. The minimum atomic E-state index is -0.361. The first-order valence-electron chi connectivity index (χ1n) is 5.94. The monoisotopic (exact) mass is 237 g/mol. The highest BCUT2D eigenvalue weighted by atomic mass is 16.5. The lowest BCUT2D eigenvalue weighted by molar-refractivity contribution is -0.138. The van der Waals surface area contributed by atoms with Crippen molar-refractivity contribution in [2.75, 3.05) is 26.7 Å². The number of esters is 1. The molecule has 0 unspecified atom stereocenters. The van der Waals surface area contributed by atoms with E-state index in [-0.39, 0.29) is 5.97 Å². The van der Waals surface area contributed by atoms with E-state index in [2.05, 4.69) is 35.8 Å². The molecule has 0 rings (SSSR count). The molecule has 0 heterocycles. The Morgan fingerprint density at radius 2 is 2.00 bits per heavy atom. The molecule has 0 saturated carbocycles. The van der Waals surface area contributed by atoms with E-state index in [0.717, 1.165) is 25.9 Å². The number of ether oxygens (including phenoxy) is 1. The van der Waals surface area contributed by atoms with Gasteiger partial charge in [0.05, 0.1) is 0 Å². The standard InChI is InChI=1S/C14H23NO2/c1-4-6-7-8-9-10-11-15(3)12-13-17-14(16)5-2/h4-6,9-10H,2,7-8,11-13H2,1,3H3/b6-4+,10-9+. The fraction of sp³-hybridized carbons (Fsp3) is 0.500. The van der Waals surface area contributed by atoms with Crippen LogP contribution < -0.4 is 0 Å². The molecule has 0 aromatic rings. The molecular formula is C14H23NO2. The molecule has 0 aliphatic heterocycles. The van der Waals surface area contributed by atoms with Gasteiger partial charge in [0.25, 0.3) is 0 Å². The summed E-state index contributed by atoms with van der Waals surface area (Å²) in [5.74, 6) is -0.361. The van der Waals surface area contributed by atoms with Gasteiger partial charge in [0.1, 0.15) is 6.61 Å². The van der Waals surface area contributed by atoms with Crippen LogP contribution >= 0.6 is 0 Å². The SMILES string of the molecule is C=CC(=O)OCCN(C)C/C=C/CC/C=C/C. The minimum absolute atomic E-state index is 0.361. The van der Waals surface area contributed by atoms with E-state index < -0.39 is 0 Å². The van der Waals surface area contributed by atoms with Gasteiger partial charge in [-0.1, -0.05) is 30.9 Å². The molecule has 96 valence electrons. The van der Waals surface area contributed by atoms with Gasteiger partial charge in [0.2, 0.25) is 0 Å². The molecule has 0 aliphatic rings. The molecule has 0 aromatic heterocycles. The van der Waals surface area contributed by atoms with Crippen LogP contribution in [-0.4, -0.2) is 37.6 Å². The van der Waals surface area contributed by atoms with Gasteiger partial charge in [-0.3, -0.25) is 4.90 Å². The maximum Gasteiger partial charge on any atom is 0.330 e. The summed E-state index contributed by atoms with van der Waals surface area (Å²) in [7, 11) is 2.00. The van der Waals surface area contributed by atoms with Gasteiger partial charge in [0.15, 0.2) is 0 Å². The van der Waals surface area contributed by atoms with Gasteiger partial charge in [-0.05, 0) is 26.8 Å². The molecule has 0 aromatic carbocycles. The van der Waals surface area contributed by atoms with Gasteiger partial charge < -0.3 is 4.74 Å². The van der Waals surface area contributed by atoms with Crippen molar-refractivity contribution in [2.24, 2.45) is 0 Å². The summed E-state index contributed by atoms with van der Waals surface area (Å²) in [6, 6.07) is 0. The number of carbonyl (C=O) groups is 1. The van der Waals surface area contributed by atoms with Crippen LogP contribution in [0.2, 0.25) is 0 Å². The third-order valence-electron chi connectivity index (χ3n) is 2.20. The lowest BCUT2D eigenvalue weighted by Crippen LogP contribution is -2.24. The zero-order chi connectivity index (χ0) is 12.9. The molecule has 0 atom stereocenters. The Labute approximate surface area is 104 Å². The van der Waals surface area contributed by atoms with Crippen molar-refractivity contribution in [2.45, 2.75) is 19.8 Å². The third-order valence-corrected chi connectivity index (χ3v) is 2.20. The molecule has 0 fully saturated rings. The topological polar surface area (TPSA) is 29.5 Å². The van der Waals surface area contributed by atoms with Crippen LogP contribution in [0.3, 0.4) is 0 Å². The summed E-state index contributed by atoms with van der Waals surface area (Å²) >= 11 is 0. The number of carbonyl (C=O) groups excluding carboxylic acids is 1. The second-order valence-corrected chi connectivity index (χ2v) is 3.75. The van der Waals surface area contributed by atoms with Gasteiger partial charge in [-0.25, -0.2) is 4.79 Å². The van der Waals surface area contributed by atoms with Gasteiger partial charge in [-0.15, -0.1) is 0 Å². The summed E-state index contributed by atoms with van der Waals surface area (Å²) in [6.45, 7) is 7.39. The van der Waals surface area contributed by atoms with Crippen LogP contribution in [0.1, 0.15) is 19.8 Å². The Morgan fingerprint density at radius 1 is 1.29 bits per heavy atom. The summed E-state index contributed by atoms with van der Waals surface area (Å²) in [6.07, 6.45) is 11.9. The molecule has 3 heteroatoms. The number of nitrogens with zero attached hydrogens (tertiary/aromatic N) is 1. The number of allylic oxidation sites excluding steroid dienone is 3. The highest BCUT2D eigenvalue weighted by Gasteiger charge is 1.98. The van der Waals surface area contributed by atoms with Gasteiger partial charge in [0, 0.05) is 19.2 Å². The Kier molecular flexibility index (Phi) is 10.3. The highest BCUT2D eigenvalue weighted by Crippen LogP contribution is 1.93. The van der Waals surface area contributed by atoms with Crippen molar-refractivity contribution >= 4 is 5.97 Å². The van der Waals surface area contributed by atoms with E-state index in [0.29, 0.717) is 6.61 Å². The summed E-state index contributed by atoms with van der Waals surface area (Å²) in [4.78, 5) is 12.9. The van der Waals surface area contributed by atoms with Crippen molar-refractivity contribution in [3.05, 3.63) is 37.0 Å². The van der Waals surface area contributed by atoms with Crippen molar-refractivity contribution in [3.63, 3.8) is 0 Å². The molecular weight excluding hydrogens is 214 g/mol. The Bertz CT molecular complexity index is 269. The maximum atomic E-state index is 10.8. The second kappa shape index (κ2) is 11.1. The molecule has 17 heavy (non-hydrogen) atoms. The molecule has 0 spiro atoms. The predicted octanol–water partition coefficient (Wildman–Crippen LogP) is 2.56. The van der Waals surface area contributed by atoms with E-state index in [9.17, 15) is 4.79 Å². The number of rotatable bonds is 9.